The molecular formula is C24H33N5. The molecule has 0 unspecified atom stereocenters. The van der Waals surface area contributed by atoms with E-state index in [2.05, 4.69) is 50.9 Å². The van der Waals surface area contributed by atoms with Gasteiger partial charge in [0.25, 0.3) is 0 Å². The van der Waals surface area contributed by atoms with Crippen LogP contribution in [0.5, 0.6) is 0 Å². The lowest BCUT2D eigenvalue weighted by Crippen LogP contribution is -2.34. The minimum absolute atomic E-state index is 0.495. The predicted molar refractivity (Wildman–Crippen MR) is 120 cm³/mol. The second kappa shape index (κ2) is 15.1. The quantitative estimate of drug-likeness (QED) is 0.156. The molecule has 2 aromatic rings. The molecule has 0 aliphatic carbocycles. The molecule has 0 aliphatic rings. The number of nitrogens with one attached hydrogen (secondary N) is 2. The smallest absolute Gasteiger partial charge is 0.209 e. The third-order valence-corrected chi connectivity index (χ3v) is 4.86. The van der Waals surface area contributed by atoms with Crippen molar-refractivity contribution in [2.75, 3.05) is 6.54 Å². The fourth-order valence-corrected chi connectivity index (χ4v) is 3.26. The summed E-state index contributed by atoms with van der Waals surface area (Å²) in [6, 6.07) is 14.4. The van der Waals surface area contributed by atoms with E-state index in [0.717, 1.165) is 18.7 Å². The second-order valence-corrected chi connectivity index (χ2v) is 7.25. The van der Waals surface area contributed by atoms with Crippen molar-refractivity contribution >= 4 is 11.6 Å². The van der Waals surface area contributed by atoms with Crippen LogP contribution in [0.15, 0.2) is 59.9 Å². The number of pyridine rings is 1. The van der Waals surface area contributed by atoms with E-state index in [-0.39, 0.29) is 0 Å². The number of aliphatic imine (C=N–C) groups is 1. The Morgan fingerprint density at radius 2 is 1.45 bits per heavy atom. The highest BCUT2D eigenvalue weighted by Gasteiger charge is 1.99. The first-order chi connectivity index (χ1) is 14.4. The number of guanidine groups is 1. The monoisotopic (exact) mass is 391 g/mol. The van der Waals surface area contributed by atoms with Crippen molar-refractivity contribution in [3.8, 4) is 6.19 Å². The zero-order valence-electron chi connectivity index (χ0n) is 17.3. The summed E-state index contributed by atoms with van der Waals surface area (Å²) in [7, 11) is 0. The predicted octanol–water partition coefficient (Wildman–Crippen LogP) is 5.48. The lowest BCUT2D eigenvalue weighted by atomic mass is 10.0. The minimum atomic E-state index is 0.495. The van der Waals surface area contributed by atoms with Gasteiger partial charge < -0.3 is 5.32 Å². The van der Waals surface area contributed by atoms with Gasteiger partial charge in [-0.2, -0.15) is 5.26 Å². The van der Waals surface area contributed by atoms with Crippen LogP contribution in [0.3, 0.4) is 0 Å². The maximum absolute atomic E-state index is 8.86. The summed E-state index contributed by atoms with van der Waals surface area (Å²) in [5.41, 5.74) is 2.23. The molecule has 1 heterocycles. The molecule has 0 atom stereocenters. The highest BCUT2D eigenvalue weighted by atomic mass is 15.2. The van der Waals surface area contributed by atoms with Crippen LogP contribution in [0.1, 0.15) is 63.4 Å². The van der Waals surface area contributed by atoms with Crippen molar-refractivity contribution in [2.24, 2.45) is 4.99 Å². The van der Waals surface area contributed by atoms with E-state index >= 15 is 0 Å². The van der Waals surface area contributed by atoms with Crippen LogP contribution < -0.4 is 10.6 Å². The molecule has 0 radical (unpaired) electrons. The summed E-state index contributed by atoms with van der Waals surface area (Å²) in [6.07, 6.45) is 18.1. The number of nitriles is 1. The third kappa shape index (κ3) is 10.9. The number of unbranched alkanes of at least 4 members (excludes halogenated alkanes) is 8. The van der Waals surface area contributed by atoms with E-state index in [1.54, 1.807) is 12.4 Å². The Bertz CT molecular complexity index is 722. The molecule has 0 spiro atoms. The van der Waals surface area contributed by atoms with Crippen molar-refractivity contribution < 1.29 is 0 Å². The fourth-order valence-electron chi connectivity index (χ4n) is 3.26. The molecule has 29 heavy (non-hydrogen) atoms. The first-order valence-electron chi connectivity index (χ1n) is 10.8. The van der Waals surface area contributed by atoms with Crippen LogP contribution in [0.4, 0.5) is 5.69 Å². The van der Waals surface area contributed by atoms with E-state index in [4.69, 9.17) is 5.26 Å². The molecule has 0 saturated carbocycles. The van der Waals surface area contributed by atoms with E-state index in [0.29, 0.717) is 5.96 Å². The highest BCUT2D eigenvalue weighted by Crippen LogP contribution is 2.12. The summed E-state index contributed by atoms with van der Waals surface area (Å²) in [4.78, 5) is 8.35. The molecule has 0 bridgehead atoms. The average molecular weight is 392 g/mol. The molecule has 5 nitrogen and oxygen atoms in total. The molecule has 0 aliphatic heterocycles. The van der Waals surface area contributed by atoms with Gasteiger partial charge in [-0.1, -0.05) is 75.3 Å². The second-order valence-electron chi connectivity index (χ2n) is 7.25. The zero-order valence-corrected chi connectivity index (χ0v) is 17.3. The number of hydrogen-bond acceptors (Lipinski definition) is 3. The van der Waals surface area contributed by atoms with Gasteiger partial charge >= 0.3 is 0 Å². The van der Waals surface area contributed by atoms with Gasteiger partial charge in [0.05, 0.1) is 5.69 Å². The first-order valence-corrected chi connectivity index (χ1v) is 10.8. The topological polar surface area (TPSA) is 73.1 Å². The maximum atomic E-state index is 8.86. The normalized spacial score (nSPS) is 11.1. The summed E-state index contributed by atoms with van der Waals surface area (Å²) >= 11 is 0. The van der Waals surface area contributed by atoms with Crippen molar-refractivity contribution in [1.29, 1.82) is 5.26 Å². The molecule has 1 aromatic carbocycles. The number of rotatable bonds is 13. The van der Waals surface area contributed by atoms with Gasteiger partial charge in [0, 0.05) is 18.9 Å². The summed E-state index contributed by atoms with van der Waals surface area (Å²) in [6.45, 7) is 0.818. The molecule has 2 N–H and O–H groups in total. The maximum Gasteiger partial charge on any atom is 0.209 e. The molecule has 0 amide bonds. The van der Waals surface area contributed by atoms with Gasteiger partial charge in [-0.25, -0.2) is 4.99 Å². The van der Waals surface area contributed by atoms with E-state index in [9.17, 15) is 0 Å². The molecule has 0 fully saturated rings. The van der Waals surface area contributed by atoms with Crippen LogP contribution in [-0.2, 0) is 6.42 Å². The third-order valence-electron chi connectivity index (χ3n) is 4.86. The summed E-state index contributed by atoms with van der Waals surface area (Å²) < 4.78 is 0. The molecular weight excluding hydrogens is 358 g/mol. The van der Waals surface area contributed by atoms with Crippen molar-refractivity contribution in [3.63, 3.8) is 0 Å². The van der Waals surface area contributed by atoms with E-state index in [1.807, 2.05) is 18.3 Å². The van der Waals surface area contributed by atoms with Crippen molar-refractivity contribution in [2.45, 2.75) is 64.2 Å². The van der Waals surface area contributed by atoms with Crippen molar-refractivity contribution in [3.05, 3.63) is 60.4 Å². The van der Waals surface area contributed by atoms with Crippen LogP contribution in [-0.4, -0.2) is 17.5 Å². The number of aromatic nitrogens is 1. The highest BCUT2D eigenvalue weighted by molar-refractivity contribution is 5.83. The van der Waals surface area contributed by atoms with Crippen LogP contribution in [0, 0.1) is 11.5 Å². The zero-order chi connectivity index (χ0) is 20.4. The van der Waals surface area contributed by atoms with Crippen LogP contribution in [0.2, 0.25) is 0 Å². The molecule has 1 aromatic heterocycles. The van der Waals surface area contributed by atoms with Gasteiger partial charge in [0.1, 0.15) is 0 Å². The number of benzene rings is 1. The number of hydrogen-bond donors (Lipinski definition) is 2. The fraction of sp³-hybridized carbons (Fsp3) is 0.458. The van der Waals surface area contributed by atoms with E-state index < -0.39 is 0 Å². The van der Waals surface area contributed by atoms with Gasteiger partial charge in [-0.15, -0.1) is 0 Å². The Labute approximate surface area is 175 Å². The average Bonchev–Trinajstić information content (AvgIpc) is 2.76. The van der Waals surface area contributed by atoms with Crippen LogP contribution in [0.25, 0.3) is 0 Å². The molecule has 5 heteroatoms. The van der Waals surface area contributed by atoms with Gasteiger partial charge in [-0.3, -0.25) is 10.3 Å². The number of nitrogens with zero attached hydrogens (tertiary/aromatic N) is 3. The summed E-state index contributed by atoms with van der Waals surface area (Å²) in [5.74, 6) is 0.495. The summed E-state index contributed by atoms with van der Waals surface area (Å²) in [5, 5.41) is 14.7. The molecule has 2 rings (SSSR count). The minimum Gasteiger partial charge on any atom is -0.355 e. The molecule has 0 saturated heterocycles. The largest absolute Gasteiger partial charge is 0.355 e. The Morgan fingerprint density at radius 3 is 2.10 bits per heavy atom. The Hall–Kier alpha value is -2.87. The van der Waals surface area contributed by atoms with Gasteiger partial charge in [0.2, 0.25) is 5.96 Å². The Balaban J connectivity index is 1.43. The van der Waals surface area contributed by atoms with Crippen LogP contribution >= 0.6 is 0 Å². The van der Waals surface area contributed by atoms with Gasteiger partial charge in [0.15, 0.2) is 6.19 Å². The van der Waals surface area contributed by atoms with Gasteiger partial charge in [-0.05, 0) is 37.0 Å². The van der Waals surface area contributed by atoms with Crippen molar-refractivity contribution in [1.82, 2.24) is 15.6 Å². The van der Waals surface area contributed by atoms with E-state index in [1.165, 1.54) is 63.4 Å². The first kappa shape index (κ1) is 22.4. The number of aryl methyl sites for hydroxylation is 1. The SMILES string of the molecule is N#CNC(=Nc1ccncc1)NCCCCCCCCCCCc1ccccc1. The molecule has 154 valence electrons. The Kier molecular flexibility index (Phi) is 11.7. The Morgan fingerprint density at radius 1 is 0.828 bits per heavy atom. The standard InChI is InChI=1S/C24H33N5/c25-21-28-24(29-23-16-19-26-20-17-23)27-18-12-7-5-3-1-2-4-6-9-13-22-14-10-8-11-15-22/h8,10-11,14-17,19-20H,1-7,9,12-13,18H2,(H2,26,27,28,29). The lowest BCUT2D eigenvalue weighted by Gasteiger charge is -2.08. The lowest BCUT2D eigenvalue weighted by molar-refractivity contribution is 0.556.